The van der Waals surface area contributed by atoms with Crippen LogP contribution in [0.15, 0.2) is 41.2 Å². The number of fused-ring (bicyclic) bond motifs is 1. The molecular formula is C15H11ClN2O2. The van der Waals surface area contributed by atoms with Gasteiger partial charge in [-0.25, -0.2) is 4.79 Å². The number of carbonyl (C=O) groups excluding carboxylic acids is 1. The van der Waals surface area contributed by atoms with Crippen LogP contribution < -0.4 is 5.32 Å². The maximum Gasteiger partial charge on any atom is 0.323 e. The van der Waals surface area contributed by atoms with E-state index in [2.05, 4.69) is 11.2 Å². The fraction of sp³-hybridized carbons (Fsp3) is 0.133. The van der Waals surface area contributed by atoms with Crippen LogP contribution in [0.1, 0.15) is 11.1 Å². The summed E-state index contributed by atoms with van der Waals surface area (Å²) in [6, 6.07) is 6.69. The van der Waals surface area contributed by atoms with E-state index in [0.717, 1.165) is 5.56 Å². The zero-order valence-electron chi connectivity index (χ0n) is 10.7. The highest BCUT2D eigenvalue weighted by Gasteiger charge is 2.45. The van der Waals surface area contributed by atoms with Gasteiger partial charge in [-0.3, -0.25) is 0 Å². The van der Waals surface area contributed by atoms with Gasteiger partial charge in [0, 0.05) is 28.9 Å². The number of carbonyl (C=O) groups is 1. The van der Waals surface area contributed by atoms with Crippen LogP contribution in [-0.2, 0) is 5.54 Å². The van der Waals surface area contributed by atoms with Crippen LogP contribution in [-0.4, -0.2) is 18.0 Å². The van der Waals surface area contributed by atoms with Crippen molar-refractivity contribution in [2.75, 3.05) is 12.4 Å². The molecule has 2 aromatic rings. The van der Waals surface area contributed by atoms with Gasteiger partial charge >= 0.3 is 6.03 Å². The molecule has 0 saturated heterocycles. The van der Waals surface area contributed by atoms with E-state index < -0.39 is 5.54 Å². The van der Waals surface area contributed by atoms with Crippen molar-refractivity contribution in [2.45, 2.75) is 5.54 Å². The van der Waals surface area contributed by atoms with Crippen molar-refractivity contribution in [1.29, 1.82) is 0 Å². The lowest BCUT2D eigenvalue weighted by molar-refractivity contribution is 0.191. The van der Waals surface area contributed by atoms with Gasteiger partial charge in [-0.15, -0.1) is 6.42 Å². The second-order valence-electron chi connectivity index (χ2n) is 4.55. The highest BCUT2D eigenvalue weighted by Crippen LogP contribution is 2.43. The number of furan rings is 1. The number of terminal acetylenes is 1. The predicted molar refractivity (Wildman–Crippen MR) is 76.6 cm³/mol. The Bertz CT molecular complexity index is 718. The molecule has 5 heteroatoms. The summed E-state index contributed by atoms with van der Waals surface area (Å²) < 4.78 is 5.14. The molecule has 2 amide bonds. The zero-order valence-corrected chi connectivity index (χ0v) is 11.4. The van der Waals surface area contributed by atoms with Gasteiger partial charge in [0.05, 0.1) is 12.5 Å². The van der Waals surface area contributed by atoms with Gasteiger partial charge in [-0.1, -0.05) is 17.5 Å². The average Bonchev–Trinajstić information content (AvgIpc) is 2.96. The summed E-state index contributed by atoms with van der Waals surface area (Å²) in [6.45, 7) is 0. The van der Waals surface area contributed by atoms with E-state index in [1.807, 2.05) is 0 Å². The molecule has 1 N–H and O–H groups in total. The molecule has 0 saturated carbocycles. The number of rotatable bonds is 1. The summed E-state index contributed by atoms with van der Waals surface area (Å²) >= 11 is 6.08. The van der Waals surface area contributed by atoms with Gasteiger partial charge in [0.2, 0.25) is 0 Å². The molecule has 0 aliphatic carbocycles. The second-order valence-corrected chi connectivity index (χ2v) is 4.98. The van der Waals surface area contributed by atoms with E-state index in [4.69, 9.17) is 22.4 Å². The maximum absolute atomic E-state index is 12.2. The van der Waals surface area contributed by atoms with Crippen LogP contribution >= 0.6 is 11.6 Å². The number of hydrogen-bond acceptors (Lipinski definition) is 2. The fourth-order valence-corrected chi connectivity index (χ4v) is 2.71. The summed E-state index contributed by atoms with van der Waals surface area (Å²) in [6.07, 6.45) is 8.86. The molecule has 0 fully saturated rings. The van der Waals surface area contributed by atoms with Crippen molar-refractivity contribution in [3.63, 3.8) is 0 Å². The smallest absolute Gasteiger partial charge is 0.323 e. The summed E-state index contributed by atoms with van der Waals surface area (Å²) in [7, 11) is 1.64. The number of benzene rings is 1. The number of amides is 2. The topological polar surface area (TPSA) is 45.5 Å². The van der Waals surface area contributed by atoms with Crippen molar-refractivity contribution >= 4 is 23.3 Å². The van der Waals surface area contributed by atoms with Crippen LogP contribution in [0.2, 0.25) is 5.02 Å². The standard InChI is InChI=1S/C15H11ClN2O2/c1-3-15(10-6-7-20-9-10)12-8-11(16)4-5-13(12)17-14(19)18(15)2/h1,4-9H,2H3,(H,17,19). The largest absolute Gasteiger partial charge is 0.472 e. The number of hydrogen-bond donors (Lipinski definition) is 1. The summed E-state index contributed by atoms with van der Waals surface area (Å²) in [5, 5.41) is 3.34. The van der Waals surface area contributed by atoms with Crippen molar-refractivity contribution in [2.24, 2.45) is 0 Å². The first-order valence-corrected chi connectivity index (χ1v) is 6.32. The number of halogens is 1. The number of nitrogens with zero attached hydrogens (tertiary/aromatic N) is 1. The average molecular weight is 287 g/mol. The molecule has 0 spiro atoms. The molecule has 1 aliphatic rings. The minimum absolute atomic E-state index is 0.279. The van der Waals surface area contributed by atoms with Crippen LogP contribution in [0.4, 0.5) is 10.5 Å². The monoisotopic (exact) mass is 286 g/mol. The maximum atomic E-state index is 12.2. The van der Waals surface area contributed by atoms with Crippen LogP contribution in [0.3, 0.4) is 0 Å². The minimum atomic E-state index is -1.03. The molecule has 20 heavy (non-hydrogen) atoms. The summed E-state index contributed by atoms with van der Waals surface area (Å²) in [4.78, 5) is 13.6. The molecule has 100 valence electrons. The van der Waals surface area contributed by atoms with E-state index in [0.29, 0.717) is 16.3 Å². The Morgan fingerprint density at radius 3 is 2.90 bits per heavy atom. The van der Waals surface area contributed by atoms with Gasteiger partial charge < -0.3 is 14.6 Å². The SMILES string of the molecule is C#CC1(c2ccoc2)c2cc(Cl)ccc2NC(=O)N1C. The Hall–Kier alpha value is -2.38. The van der Waals surface area contributed by atoms with E-state index >= 15 is 0 Å². The molecule has 2 heterocycles. The zero-order chi connectivity index (χ0) is 14.3. The Balaban J connectivity index is 2.36. The van der Waals surface area contributed by atoms with Crippen molar-refractivity contribution in [1.82, 2.24) is 4.90 Å². The number of nitrogens with one attached hydrogen (secondary N) is 1. The quantitative estimate of drug-likeness (QED) is 0.818. The van der Waals surface area contributed by atoms with E-state index in [-0.39, 0.29) is 6.03 Å². The van der Waals surface area contributed by atoms with Crippen LogP contribution in [0.25, 0.3) is 0 Å². The van der Waals surface area contributed by atoms with Gasteiger partial charge in [0.15, 0.2) is 5.54 Å². The van der Waals surface area contributed by atoms with Gasteiger partial charge in [0.25, 0.3) is 0 Å². The van der Waals surface area contributed by atoms with E-state index in [9.17, 15) is 4.79 Å². The second kappa shape index (κ2) is 4.32. The van der Waals surface area contributed by atoms with Crippen molar-refractivity contribution < 1.29 is 9.21 Å². The Kier molecular flexibility index (Phi) is 2.73. The first-order valence-electron chi connectivity index (χ1n) is 5.95. The van der Waals surface area contributed by atoms with Gasteiger partial charge in [0.1, 0.15) is 0 Å². The molecule has 1 unspecified atom stereocenters. The predicted octanol–water partition coefficient (Wildman–Crippen LogP) is 3.29. The van der Waals surface area contributed by atoms with Crippen molar-refractivity contribution in [3.8, 4) is 12.3 Å². The fourth-order valence-electron chi connectivity index (χ4n) is 2.53. The molecule has 1 aromatic heterocycles. The molecular weight excluding hydrogens is 276 g/mol. The lowest BCUT2D eigenvalue weighted by atomic mass is 9.81. The first kappa shape index (κ1) is 12.6. The van der Waals surface area contributed by atoms with Gasteiger partial charge in [-0.2, -0.15) is 0 Å². The Labute approximate surface area is 121 Å². The van der Waals surface area contributed by atoms with E-state index in [1.165, 1.54) is 11.2 Å². The number of urea groups is 1. The highest BCUT2D eigenvalue weighted by molar-refractivity contribution is 6.30. The molecule has 1 aliphatic heterocycles. The minimum Gasteiger partial charge on any atom is -0.472 e. The molecule has 1 atom stereocenters. The van der Waals surface area contributed by atoms with E-state index in [1.54, 1.807) is 37.6 Å². The third kappa shape index (κ3) is 1.54. The lowest BCUT2D eigenvalue weighted by Gasteiger charge is -2.42. The molecule has 4 nitrogen and oxygen atoms in total. The summed E-state index contributed by atoms with van der Waals surface area (Å²) in [5.74, 6) is 2.73. The third-order valence-electron chi connectivity index (χ3n) is 3.57. The molecule has 0 bridgehead atoms. The van der Waals surface area contributed by atoms with Crippen LogP contribution in [0, 0.1) is 12.3 Å². The molecule has 0 radical (unpaired) electrons. The Morgan fingerprint density at radius 2 is 2.25 bits per heavy atom. The normalized spacial score (nSPS) is 21.1. The first-order chi connectivity index (χ1) is 9.59. The Morgan fingerprint density at radius 1 is 1.45 bits per heavy atom. The molecule has 1 aromatic carbocycles. The highest BCUT2D eigenvalue weighted by atomic mass is 35.5. The summed E-state index contributed by atoms with van der Waals surface area (Å²) in [5.41, 5.74) is 1.07. The lowest BCUT2D eigenvalue weighted by Crippen LogP contribution is -2.52. The molecule has 3 rings (SSSR count). The van der Waals surface area contributed by atoms with Gasteiger partial charge in [-0.05, 0) is 24.3 Å². The van der Waals surface area contributed by atoms with Crippen LogP contribution in [0.5, 0.6) is 0 Å². The number of anilines is 1. The van der Waals surface area contributed by atoms with Crippen molar-refractivity contribution in [3.05, 3.63) is 52.9 Å². The third-order valence-corrected chi connectivity index (χ3v) is 3.80.